The van der Waals surface area contributed by atoms with Crippen LogP contribution in [0.3, 0.4) is 0 Å². The van der Waals surface area contributed by atoms with Crippen LogP contribution < -0.4 is 5.32 Å². The first-order chi connectivity index (χ1) is 9.29. The summed E-state index contributed by atoms with van der Waals surface area (Å²) in [7, 11) is 0. The Morgan fingerprint density at radius 1 is 1.26 bits per heavy atom. The van der Waals surface area contributed by atoms with E-state index in [1.54, 1.807) is 0 Å². The van der Waals surface area contributed by atoms with E-state index in [-0.39, 0.29) is 5.91 Å². The Morgan fingerprint density at radius 2 is 2.05 bits per heavy atom. The van der Waals surface area contributed by atoms with Crippen LogP contribution in [0, 0.1) is 0 Å². The molecule has 4 nitrogen and oxygen atoms in total. The lowest BCUT2D eigenvalue weighted by molar-refractivity contribution is -0.120. The third kappa shape index (κ3) is 4.13. The number of aromatic nitrogens is 2. The minimum Gasteiger partial charge on any atom is -0.354 e. The van der Waals surface area contributed by atoms with Gasteiger partial charge in [0.1, 0.15) is 0 Å². The number of hydrogen-bond acceptors (Lipinski definition) is 3. The fourth-order valence-corrected chi connectivity index (χ4v) is 1.95. The molecule has 0 bridgehead atoms. The van der Waals surface area contributed by atoms with Gasteiger partial charge in [-0.3, -0.25) is 9.48 Å². The molecule has 0 spiro atoms. The fraction of sp³-hybridized carbons (Fsp3) is 0.286. The molecule has 1 aromatic carbocycles. The van der Waals surface area contributed by atoms with E-state index >= 15 is 0 Å². The van der Waals surface area contributed by atoms with Gasteiger partial charge in [0.05, 0.1) is 12.2 Å². The summed E-state index contributed by atoms with van der Waals surface area (Å²) in [6, 6.07) is 12.0. The lowest BCUT2D eigenvalue weighted by Crippen LogP contribution is -2.27. The van der Waals surface area contributed by atoms with Crippen molar-refractivity contribution < 1.29 is 4.79 Å². The van der Waals surface area contributed by atoms with Crippen molar-refractivity contribution in [1.82, 2.24) is 15.1 Å². The molecule has 0 atom stereocenters. The van der Waals surface area contributed by atoms with Crippen molar-refractivity contribution in [2.75, 3.05) is 12.3 Å². The highest BCUT2D eigenvalue weighted by Gasteiger charge is 2.02. The first-order valence-electron chi connectivity index (χ1n) is 6.26. The van der Waals surface area contributed by atoms with Crippen LogP contribution >= 0.6 is 12.6 Å². The summed E-state index contributed by atoms with van der Waals surface area (Å²) in [5.41, 5.74) is 2.04. The van der Waals surface area contributed by atoms with E-state index in [0.29, 0.717) is 25.3 Å². The average Bonchev–Trinajstić information content (AvgIpc) is 2.89. The third-order valence-corrected chi connectivity index (χ3v) is 2.94. The monoisotopic (exact) mass is 275 g/mol. The Bertz CT molecular complexity index is 524. The van der Waals surface area contributed by atoms with Gasteiger partial charge in [-0.15, -0.1) is 0 Å². The van der Waals surface area contributed by atoms with E-state index in [0.717, 1.165) is 11.3 Å². The maximum Gasteiger partial charge on any atom is 0.220 e. The zero-order valence-electron chi connectivity index (χ0n) is 10.6. The number of hydrogen-bond donors (Lipinski definition) is 2. The van der Waals surface area contributed by atoms with Crippen molar-refractivity contribution in [2.24, 2.45) is 0 Å². The number of benzene rings is 1. The van der Waals surface area contributed by atoms with Crippen molar-refractivity contribution in [2.45, 2.75) is 13.0 Å². The summed E-state index contributed by atoms with van der Waals surface area (Å²) in [5.74, 6) is 0.608. The number of thiol groups is 1. The van der Waals surface area contributed by atoms with Crippen LogP contribution in [0.15, 0.2) is 42.6 Å². The molecule has 1 aromatic heterocycles. The Morgan fingerprint density at radius 3 is 2.79 bits per heavy atom. The molecule has 0 unspecified atom stereocenters. The molecule has 0 saturated carbocycles. The molecular weight excluding hydrogens is 258 g/mol. The molecule has 0 radical (unpaired) electrons. The van der Waals surface area contributed by atoms with Crippen molar-refractivity contribution in [3.8, 4) is 11.3 Å². The Kier molecular flexibility index (Phi) is 5.03. The minimum absolute atomic E-state index is 0.0328. The molecule has 1 amide bonds. The quantitative estimate of drug-likeness (QED) is 0.792. The first-order valence-corrected chi connectivity index (χ1v) is 6.89. The molecule has 2 aromatic rings. The highest BCUT2D eigenvalue weighted by molar-refractivity contribution is 7.80. The van der Waals surface area contributed by atoms with Crippen LogP contribution in [0.4, 0.5) is 0 Å². The summed E-state index contributed by atoms with van der Waals surface area (Å²) in [6.07, 6.45) is 2.38. The van der Waals surface area contributed by atoms with E-state index in [1.807, 2.05) is 47.3 Å². The van der Waals surface area contributed by atoms with E-state index in [4.69, 9.17) is 0 Å². The topological polar surface area (TPSA) is 46.9 Å². The van der Waals surface area contributed by atoms with Crippen LogP contribution in [0.5, 0.6) is 0 Å². The van der Waals surface area contributed by atoms with Gasteiger partial charge < -0.3 is 5.32 Å². The SMILES string of the molecule is O=C(CCS)NCCn1ccc(-c2ccccc2)n1. The number of nitrogens with one attached hydrogen (secondary N) is 1. The molecule has 0 saturated heterocycles. The van der Waals surface area contributed by atoms with Gasteiger partial charge in [-0.25, -0.2) is 0 Å². The van der Waals surface area contributed by atoms with Crippen LogP contribution in [-0.2, 0) is 11.3 Å². The second kappa shape index (κ2) is 6.99. The van der Waals surface area contributed by atoms with Crippen molar-refractivity contribution in [3.63, 3.8) is 0 Å². The van der Waals surface area contributed by atoms with Crippen molar-refractivity contribution in [3.05, 3.63) is 42.6 Å². The molecule has 2 rings (SSSR count). The van der Waals surface area contributed by atoms with Crippen LogP contribution in [0.25, 0.3) is 11.3 Å². The van der Waals surface area contributed by atoms with Crippen LogP contribution in [0.2, 0.25) is 0 Å². The summed E-state index contributed by atoms with van der Waals surface area (Å²) in [4.78, 5) is 11.3. The second-order valence-electron chi connectivity index (χ2n) is 4.15. The molecule has 0 aliphatic rings. The molecule has 0 aliphatic heterocycles. The summed E-state index contributed by atoms with van der Waals surface area (Å²) >= 11 is 4.02. The number of carbonyl (C=O) groups excluding carboxylic acids is 1. The Balaban J connectivity index is 1.86. The molecule has 5 heteroatoms. The van der Waals surface area contributed by atoms with Crippen molar-refractivity contribution >= 4 is 18.5 Å². The third-order valence-electron chi connectivity index (χ3n) is 2.71. The minimum atomic E-state index is 0.0328. The van der Waals surface area contributed by atoms with Gasteiger partial charge in [-0.05, 0) is 11.8 Å². The lowest BCUT2D eigenvalue weighted by Gasteiger charge is -2.04. The molecule has 100 valence electrons. The molecule has 0 fully saturated rings. The van der Waals surface area contributed by atoms with E-state index in [2.05, 4.69) is 23.0 Å². The van der Waals surface area contributed by atoms with E-state index in [9.17, 15) is 4.79 Å². The highest BCUT2D eigenvalue weighted by Crippen LogP contribution is 2.15. The van der Waals surface area contributed by atoms with E-state index < -0.39 is 0 Å². The zero-order valence-corrected chi connectivity index (χ0v) is 11.5. The molecule has 0 aliphatic carbocycles. The van der Waals surface area contributed by atoms with Gasteiger partial charge >= 0.3 is 0 Å². The van der Waals surface area contributed by atoms with Gasteiger partial charge in [-0.2, -0.15) is 17.7 Å². The van der Waals surface area contributed by atoms with Gasteiger partial charge in [0.25, 0.3) is 0 Å². The highest BCUT2D eigenvalue weighted by atomic mass is 32.1. The molecule has 19 heavy (non-hydrogen) atoms. The first kappa shape index (κ1) is 13.7. The van der Waals surface area contributed by atoms with Crippen LogP contribution in [-0.4, -0.2) is 28.0 Å². The lowest BCUT2D eigenvalue weighted by atomic mass is 10.2. The van der Waals surface area contributed by atoms with Crippen LogP contribution in [0.1, 0.15) is 6.42 Å². The second-order valence-corrected chi connectivity index (χ2v) is 4.60. The van der Waals surface area contributed by atoms with Gasteiger partial charge in [-0.1, -0.05) is 30.3 Å². The molecular formula is C14H17N3OS. The normalized spacial score (nSPS) is 10.4. The summed E-state index contributed by atoms with van der Waals surface area (Å²) < 4.78 is 1.84. The molecule has 1 heterocycles. The van der Waals surface area contributed by atoms with Gasteiger partial charge in [0.2, 0.25) is 5.91 Å². The maximum atomic E-state index is 11.3. The summed E-state index contributed by atoms with van der Waals surface area (Å²) in [6.45, 7) is 1.26. The standard InChI is InChI=1S/C14H17N3OS/c18-14(7-11-19)15-8-10-17-9-6-13(16-17)12-4-2-1-3-5-12/h1-6,9,19H,7-8,10-11H2,(H,15,18). The van der Waals surface area contributed by atoms with Crippen molar-refractivity contribution in [1.29, 1.82) is 0 Å². The van der Waals surface area contributed by atoms with Gasteiger partial charge in [0.15, 0.2) is 0 Å². The maximum absolute atomic E-state index is 11.3. The average molecular weight is 275 g/mol. The summed E-state index contributed by atoms with van der Waals surface area (Å²) in [5, 5.41) is 7.31. The Hall–Kier alpha value is -1.75. The number of amides is 1. The molecule has 1 N–H and O–H groups in total. The van der Waals surface area contributed by atoms with Gasteiger partial charge in [0, 0.05) is 24.7 Å². The predicted octanol–water partition coefficient (Wildman–Crippen LogP) is 1.99. The zero-order chi connectivity index (χ0) is 13.5. The largest absolute Gasteiger partial charge is 0.354 e. The predicted molar refractivity (Wildman–Crippen MR) is 79.1 cm³/mol. The number of nitrogens with zero attached hydrogens (tertiary/aromatic N) is 2. The number of rotatable bonds is 6. The Labute approximate surface area is 118 Å². The smallest absolute Gasteiger partial charge is 0.220 e. The van der Waals surface area contributed by atoms with E-state index in [1.165, 1.54) is 0 Å². The number of carbonyl (C=O) groups is 1. The fourth-order valence-electron chi connectivity index (χ4n) is 1.75.